The molecule has 2 aromatic carbocycles. The van der Waals surface area contributed by atoms with Crippen molar-refractivity contribution in [1.29, 1.82) is 0 Å². The molecule has 3 aromatic rings. The van der Waals surface area contributed by atoms with Gasteiger partial charge < -0.3 is 24.8 Å². The summed E-state index contributed by atoms with van der Waals surface area (Å²) in [6.07, 6.45) is 0. The Hall–Kier alpha value is -2.98. The zero-order chi connectivity index (χ0) is 21.5. The van der Waals surface area contributed by atoms with Gasteiger partial charge in [-0.15, -0.1) is 10.2 Å². The Bertz CT molecular complexity index is 1010. The normalized spacial score (nSPS) is 11.5. The Morgan fingerprint density at radius 2 is 1.73 bits per heavy atom. The number of ether oxygens (including phenoxy) is 3. The average molecular weight is 447 g/mol. The third-order valence-electron chi connectivity index (χ3n) is 4.05. The van der Waals surface area contributed by atoms with Crippen LogP contribution in [0.4, 0.5) is 16.5 Å². The number of benzene rings is 2. The molecule has 1 amide bonds. The van der Waals surface area contributed by atoms with Gasteiger partial charge in [-0.3, -0.25) is 4.79 Å². The first kappa shape index (κ1) is 21.7. The quantitative estimate of drug-likeness (QED) is 0.466. The van der Waals surface area contributed by atoms with Gasteiger partial charge in [0.05, 0.1) is 32.3 Å². The van der Waals surface area contributed by atoms with Crippen molar-refractivity contribution in [2.24, 2.45) is 0 Å². The van der Waals surface area contributed by atoms with Crippen LogP contribution < -0.4 is 24.8 Å². The molecule has 2 N–H and O–H groups in total. The summed E-state index contributed by atoms with van der Waals surface area (Å²) in [6.45, 7) is 1.81. The molecule has 158 valence electrons. The lowest BCUT2D eigenvalue weighted by molar-refractivity contribution is -0.115. The lowest BCUT2D eigenvalue weighted by Crippen LogP contribution is -2.22. The van der Waals surface area contributed by atoms with Gasteiger partial charge in [0.15, 0.2) is 15.8 Å². The maximum Gasteiger partial charge on any atom is 0.237 e. The molecule has 0 radical (unpaired) electrons. The van der Waals surface area contributed by atoms with Crippen LogP contribution in [0.15, 0.2) is 46.8 Å². The Labute approximate surface area is 183 Å². The van der Waals surface area contributed by atoms with Crippen molar-refractivity contribution >= 4 is 45.5 Å². The van der Waals surface area contributed by atoms with Crippen molar-refractivity contribution in [2.75, 3.05) is 32.0 Å². The summed E-state index contributed by atoms with van der Waals surface area (Å²) in [5, 5.41) is 14.6. The van der Waals surface area contributed by atoms with E-state index in [1.165, 1.54) is 23.1 Å². The van der Waals surface area contributed by atoms with Crippen LogP contribution >= 0.6 is 23.1 Å². The number of nitrogens with zero attached hydrogens (tertiary/aromatic N) is 2. The van der Waals surface area contributed by atoms with Crippen LogP contribution in [0.5, 0.6) is 17.2 Å². The molecule has 0 saturated heterocycles. The van der Waals surface area contributed by atoms with Crippen LogP contribution in [0.3, 0.4) is 0 Å². The van der Waals surface area contributed by atoms with Crippen molar-refractivity contribution < 1.29 is 19.0 Å². The largest absolute Gasteiger partial charge is 0.495 e. The van der Waals surface area contributed by atoms with E-state index >= 15 is 0 Å². The molecule has 0 aliphatic carbocycles. The number of carbonyl (C=O) groups is 1. The summed E-state index contributed by atoms with van der Waals surface area (Å²) in [7, 11) is 4.72. The first-order valence-corrected chi connectivity index (χ1v) is 10.7. The number of para-hydroxylation sites is 2. The molecule has 0 aliphatic rings. The highest BCUT2D eigenvalue weighted by Crippen LogP contribution is 2.34. The summed E-state index contributed by atoms with van der Waals surface area (Å²) >= 11 is 2.70. The Morgan fingerprint density at radius 1 is 1.00 bits per heavy atom. The highest BCUT2D eigenvalue weighted by molar-refractivity contribution is 8.02. The zero-order valence-electron chi connectivity index (χ0n) is 17.0. The topological polar surface area (TPSA) is 94.6 Å². The summed E-state index contributed by atoms with van der Waals surface area (Å²) in [4.78, 5) is 12.6. The summed E-state index contributed by atoms with van der Waals surface area (Å²) < 4.78 is 16.5. The third kappa shape index (κ3) is 5.33. The first-order chi connectivity index (χ1) is 14.5. The Kier molecular flexibility index (Phi) is 7.36. The molecule has 8 nitrogen and oxygen atoms in total. The van der Waals surface area contributed by atoms with E-state index in [0.29, 0.717) is 32.4 Å². The van der Waals surface area contributed by atoms with Gasteiger partial charge in [0.2, 0.25) is 11.0 Å². The number of nitrogens with one attached hydrogen (secondary N) is 2. The van der Waals surface area contributed by atoms with Crippen LogP contribution in [0.2, 0.25) is 0 Å². The van der Waals surface area contributed by atoms with Gasteiger partial charge in [0.25, 0.3) is 0 Å². The van der Waals surface area contributed by atoms with E-state index < -0.39 is 0 Å². The minimum atomic E-state index is -0.370. The van der Waals surface area contributed by atoms with Gasteiger partial charge in [-0.05, 0) is 31.2 Å². The van der Waals surface area contributed by atoms with Crippen LogP contribution in [0, 0.1) is 0 Å². The van der Waals surface area contributed by atoms with Gasteiger partial charge in [0, 0.05) is 11.8 Å². The van der Waals surface area contributed by atoms with Gasteiger partial charge in [-0.2, -0.15) is 0 Å². The molecule has 0 bridgehead atoms. The van der Waals surface area contributed by atoms with Gasteiger partial charge in [-0.1, -0.05) is 35.2 Å². The Balaban J connectivity index is 1.61. The van der Waals surface area contributed by atoms with E-state index in [0.717, 1.165) is 5.69 Å². The average Bonchev–Trinajstić information content (AvgIpc) is 3.20. The molecule has 0 aliphatic heterocycles. The molecule has 10 heteroatoms. The number of thioether (sulfide) groups is 1. The molecule has 1 heterocycles. The van der Waals surface area contributed by atoms with Crippen molar-refractivity contribution in [1.82, 2.24) is 10.2 Å². The fourth-order valence-corrected chi connectivity index (χ4v) is 4.44. The number of amides is 1. The lowest BCUT2D eigenvalue weighted by atomic mass is 10.2. The molecule has 1 atom stereocenters. The predicted molar refractivity (Wildman–Crippen MR) is 120 cm³/mol. The van der Waals surface area contributed by atoms with E-state index in [2.05, 4.69) is 20.8 Å². The monoisotopic (exact) mass is 446 g/mol. The van der Waals surface area contributed by atoms with Crippen molar-refractivity contribution in [3.63, 3.8) is 0 Å². The maximum absolute atomic E-state index is 12.6. The number of aromatic nitrogens is 2. The molecule has 3 rings (SSSR count). The van der Waals surface area contributed by atoms with Crippen LogP contribution in [-0.2, 0) is 4.79 Å². The van der Waals surface area contributed by atoms with E-state index in [1.807, 2.05) is 31.2 Å². The molecule has 0 spiro atoms. The number of methoxy groups -OCH3 is 3. The predicted octanol–water partition coefficient (Wildman–Crippen LogP) is 4.43. The van der Waals surface area contributed by atoms with Crippen LogP contribution in [0.1, 0.15) is 6.92 Å². The highest BCUT2D eigenvalue weighted by atomic mass is 32.2. The lowest BCUT2D eigenvalue weighted by Gasteiger charge is -2.13. The summed E-state index contributed by atoms with van der Waals surface area (Å²) in [5.74, 6) is 1.71. The van der Waals surface area contributed by atoms with Gasteiger partial charge >= 0.3 is 0 Å². The molecule has 0 fully saturated rings. The molecule has 1 aromatic heterocycles. The zero-order valence-corrected chi connectivity index (χ0v) is 18.6. The molecule has 30 heavy (non-hydrogen) atoms. The van der Waals surface area contributed by atoms with E-state index in [-0.39, 0.29) is 11.2 Å². The number of rotatable bonds is 9. The van der Waals surface area contributed by atoms with Crippen LogP contribution in [0.25, 0.3) is 0 Å². The minimum absolute atomic E-state index is 0.151. The fraction of sp³-hybridized carbons (Fsp3) is 0.250. The number of hydrogen-bond acceptors (Lipinski definition) is 9. The third-order valence-corrected chi connectivity index (χ3v) is 6.08. The summed E-state index contributed by atoms with van der Waals surface area (Å²) in [6, 6.07) is 12.8. The number of anilines is 3. The molecule has 0 saturated carbocycles. The van der Waals surface area contributed by atoms with E-state index in [4.69, 9.17) is 14.2 Å². The number of carbonyl (C=O) groups excluding carboxylic acids is 1. The molecular weight excluding hydrogens is 424 g/mol. The smallest absolute Gasteiger partial charge is 0.237 e. The first-order valence-electron chi connectivity index (χ1n) is 8.97. The highest BCUT2D eigenvalue weighted by Gasteiger charge is 2.18. The van der Waals surface area contributed by atoms with E-state index in [9.17, 15) is 4.79 Å². The standard InChI is InChI=1S/C20H22N4O4S2/c1-12(18(25)21-13-9-10-16(27-3)17(11-13)28-4)29-20-24-23-19(30-20)22-14-7-5-6-8-15(14)26-2/h5-12H,1-4H3,(H,21,25)(H,22,23). The maximum atomic E-state index is 12.6. The summed E-state index contributed by atoms with van der Waals surface area (Å²) in [5.41, 5.74) is 1.42. The second kappa shape index (κ2) is 10.2. The molecule has 1 unspecified atom stereocenters. The van der Waals surface area contributed by atoms with Gasteiger partial charge in [-0.25, -0.2) is 0 Å². The SMILES string of the molecule is COc1ccccc1Nc1nnc(SC(C)C(=O)Nc2ccc(OC)c(OC)c2)s1. The van der Waals surface area contributed by atoms with Crippen molar-refractivity contribution in [2.45, 2.75) is 16.5 Å². The van der Waals surface area contributed by atoms with Gasteiger partial charge in [0.1, 0.15) is 5.75 Å². The second-order valence-corrected chi connectivity index (χ2v) is 8.58. The second-order valence-electron chi connectivity index (χ2n) is 6.02. The minimum Gasteiger partial charge on any atom is -0.495 e. The Morgan fingerprint density at radius 3 is 2.47 bits per heavy atom. The van der Waals surface area contributed by atoms with Crippen molar-refractivity contribution in [3.05, 3.63) is 42.5 Å². The van der Waals surface area contributed by atoms with Crippen molar-refractivity contribution in [3.8, 4) is 17.2 Å². The van der Waals surface area contributed by atoms with E-state index in [1.54, 1.807) is 39.5 Å². The fourth-order valence-electron chi connectivity index (χ4n) is 2.53. The van der Waals surface area contributed by atoms with Crippen LogP contribution in [-0.4, -0.2) is 42.7 Å². The molecular formula is C20H22N4O4S2. The number of hydrogen-bond donors (Lipinski definition) is 2.